The highest BCUT2D eigenvalue weighted by Gasteiger charge is 2.28. The minimum absolute atomic E-state index is 0.102. The fourth-order valence-corrected chi connectivity index (χ4v) is 3.58. The number of nitrogens with one attached hydrogen (secondary N) is 1. The van der Waals surface area contributed by atoms with Crippen LogP contribution < -0.4 is 10.1 Å². The Labute approximate surface area is 186 Å². The van der Waals surface area contributed by atoms with Crippen LogP contribution in [0.3, 0.4) is 0 Å². The quantitative estimate of drug-likeness (QED) is 0.531. The number of benzene rings is 2. The van der Waals surface area contributed by atoms with Crippen LogP contribution in [0.25, 0.3) is 0 Å². The van der Waals surface area contributed by atoms with E-state index in [9.17, 15) is 9.59 Å². The van der Waals surface area contributed by atoms with Gasteiger partial charge in [0.1, 0.15) is 11.8 Å². The number of unbranched alkanes of at least 4 members (excludes halogenated alkanes) is 1. The van der Waals surface area contributed by atoms with E-state index in [1.165, 1.54) is 0 Å². The number of nitrogens with zero attached hydrogens (tertiary/aromatic N) is 1. The molecule has 1 atom stereocenters. The van der Waals surface area contributed by atoms with E-state index >= 15 is 0 Å². The van der Waals surface area contributed by atoms with Gasteiger partial charge in [0.25, 0.3) is 5.91 Å². The van der Waals surface area contributed by atoms with Gasteiger partial charge in [0, 0.05) is 13.1 Å². The number of aryl methyl sites for hydroxylation is 2. The summed E-state index contributed by atoms with van der Waals surface area (Å²) in [5.41, 5.74) is 4.23. The first-order chi connectivity index (χ1) is 14.9. The van der Waals surface area contributed by atoms with Gasteiger partial charge in [-0.05, 0) is 61.9 Å². The first-order valence-electron chi connectivity index (χ1n) is 11.2. The molecule has 0 aliphatic rings. The van der Waals surface area contributed by atoms with Gasteiger partial charge in [0.05, 0.1) is 0 Å². The molecule has 168 valence electrons. The number of ether oxygens (including phenoxy) is 1. The largest absolute Gasteiger partial charge is 0.483 e. The zero-order chi connectivity index (χ0) is 22.8. The van der Waals surface area contributed by atoms with Crippen LogP contribution in [-0.4, -0.2) is 35.9 Å². The summed E-state index contributed by atoms with van der Waals surface area (Å²) in [7, 11) is 0. The second kappa shape index (κ2) is 12.1. The molecule has 0 saturated carbocycles. The zero-order valence-corrected chi connectivity index (χ0v) is 19.5. The molecule has 0 aliphatic heterocycles. The van der Waals surface area contributed by atoms with Crippen molar-refractivity contribution in [2.24, 2.45) is 0 Å². The maximum atomic E-state index is 13.3. The summed E-state index contributed by atoms with van der Waals surface area (Å²) in [5.74, 6) is 0.411. The molecular formula is C26H36N2O3. The third-order valence-electron chi connectivity index (χ3n) is 5.53. The molecule has 2 aromatic carbocycles. The SMILES string of the molecule is CCCCNC(=O)[C@@H](CC)N(Cc1ccccc1)C(=O)COc1cc(C)cc(C)c1C. The van der Waals surface area contributed by atoms with Gasteiger partial charge in [-0.1, -0.05) is 56.7 Å². The molecule has 0 saturated heterocycles. The number of amides is 2. The molecule has 0 bridgehead atoms. The predicted molar refractivity (Wildman–Crippen MR) is 125 cm³/mol. The van der Waals surface area contributed by atoms with Crippen molar-refractivity contribution in [1.29, 1.82) is 0 Å². The smallest absolute Gasteiger partial charge is 0.261 e. The van der Waals surface area contributed by atoms with Crippen molar-refractivity contribution in [1.82, 2.24) is 10.2 Å². The maximum Gasteiger partial charge on any atom is 0.261 e. The Bertz CT molecular complexity index is 864. The Morgan fingerprint density at radius 2 is 1.77 bits per heavy atom. The van der Waals surface area contributed by atoms with Crippen molar-refractivity contribution >= 4 is 11.8 Å². The van der Waals surface area contributed by atoms with Crippen molar-refractivity contribution in [2.45, 2.75) is 66.5 Å². The molecule has 0 aliphatic carbocycles. The van der Waals surface area contributed by atoms with E-state index in [1.54, 1.807) is 4.90 Å². The molecule has 0 fully saturated rings. The van der Waals surface area contributed by atoms with E-state index in [4.69, 9.17) is 4.74 Å². The first kappa shape index (κ1) is 24.4. The van der Waals surface area contributed by atoms with Crippen molar-refractivity contribution in [2.75, 3.05) is 13.2 Å². The van der Waals surface area contributed by atoms with Crippen LogP contribution in [0.2, 0.25) is 0 Å². The molecule has 2 aromatic rings. The predicted octanol–water partition coefficient (Wildman–Crippen LogP) is 4.71. The molecule has 5 nitrogen and oxygen atoms in total. The molecule has 31 heavy (non-hydrogen) atoms. The summed E-state index contributed by atoms with van der Waals surface area (Å²) in [6.07, 6.45) is 2.47. The summed E-state index contributed by atoms with van der Waals surface area (Å²) in [4.78, 5) is 27.8. The van der Waals surface area contributed by atoms with Gasteiger partial charge in [0.2, 0.25) is 5.91 Å². The normalized spacial score (nSPS) is 11.6. The van der Waals surface area contributed by atoms with Crippen LogP contribution in [0.15, 0.2) is 42.5 Å². The number of hydrogen-bond acceptors (Lipinski definition) is 3. The highest BCUT2D eigenvalue weighted by Crippen LogP contribution is 2.23. The topological polar surface area (TPSA) is 58.6 Å². The Kier molecular flexibility index (Phi) is 9.57. The van der Waals surface area contributed by atoms with Crippen LogP contribution in [0.5, 0.6) is 5.75 Å². The Morgan fingerprint density at radius 1 is 1.06 bits per heavy atom. The van der Waals surface area contributed by atoms with Crippen molar-refractivity contribution < 1.29 is 14.3 Å². The maximum absolute atomic E-state index is 13.3. The van der Waals surface area contributed by atoms with Gasteiger partial charge in [0.15, 0.2) is 6.61 Å². The number of carbonyl (C=O) groups excluding carboxylic acids is 2. The standard InChI is InChI=1S/C26H36N2O3/c1-6-8-14-27-26(30)23(7-2)28(17-22-12-10-9-11-13-22)25(29)18-31-24-16-19(3)15-20(4)21(24)5/h9-13,15-16,23H,6-8,14,17-18H2,1-5H3,(H,27,30)/t23-/m1/s1. The summed E-state index contributed by atoms with van der Waals surface area (Å²) in [6, 6.07) is 13.3. The summed E-state index contributed by atoms with van der Waals surface area (Å²) in [5, 5.41) is 2.98. The molecule has 2 rings (SSSR count). The van der Waals surface area contributed by atoms with Gasteiger partial charge in [-0.3, -0.25) is 9.59 Å². The van der Waals surface area contributed by atoms with Crippen molar-refractivity contribution in [3.8, 4) is 5.75 Å². The van der Waals surface area contributed by atoms with Crippen LogP contribution >= 0.6 is 0 Å². The summed E-state index contributed by atoms with van der Waals surface area (Å²) >= 11 is 0. The summed E-state index contributed by atoms with van der Waals surface area (Å²) < 4.78 is 5.93. The van der Waals surface area contributed by atoms with Gasteiger partial charge in [-0.2, -0.15) is 0 Å². The fraction of sp³-hybridized carbons (Fsp3) is 0.462. The van der Waals surface area contributed by atoms with E-state index in [0.717, 1.165) is 35.1 Å². The highest BCUT2D eigenvalue weighted by molar-refractivity contribution is 5.88. The van der Waals surface area contributed by atoms with Crippen LogP contribution in [0.1, 0.15) is 55.4 Å². The second-order valence-electron chi connectivity index (χ2n) is 8.07. The number of rotatable bonds is 11. The molecule has 0 unspecified atom stereocenters. The highest BCUT2D eigenvalue weighted by atomic mass is 16.5. The Balaban J connectivity index is 2.20. The number of hydrogen-bond donors (Lipinski definition) is 1. The molecule has 0 heterocycles. The zero-order valence-electron chi connectivity index (χ0n) is 19.5. The third kappa shape index (κ3) is 7.12. The van der Waals surface area contributed by atoms with E-state index in [-0.39, 0.29) is 18.4 Å². The molecule has 1 N–H and O–H groups in total. The van der Waals surface area contributed by atoms with E-state index in [2.05, 4.69) is 18.3 Å². The lowest BCUT2D eigenvalue weighted by atomic mass is 10.1. The average molecular weight is 425 g/mol. The van der Waals surface area contributed by atoms with Crippen molar-refractivity contribution in [3.05, 3.63) is 64.7 Å². The minimum Gasteiger partial charge on any atom is -0.483 e. The van der Waals surface area contributed by atoms with Crippen molar-refractivity contribution in [3.63, 3.8) is 0 Å². The lowest BCUT2D eigenvalue weighted by Gasteiger charge is -2.30. The van der Waals surface area contributed by atoms with Crippen LogP contribution in [0, 0.1) is 20.8 Å². The van der Waals surface area contributed by atoms with Crippen LogP contribution in [-0.2, 0) is 16.1 Å². The van der Waals surface area contributed by atoms with Gasteiger partial charge >= 0.3 is 0 Å². The molecule has 0 spiro atoms. The lowest BCUT2D eigenvalue weighted by Crippen LogP contribution is -2.50. The Morgan fingerprint density at radius 3 is 2.42 bits per heavy atom. The van der Waals surface area contributed by atoms with E-state index in [0.29, 0.717) is 25.3 Å². The summed E-state index contributed by atoms with van der Waals surface area (Å²) in [6.45, 7) is 10.9. The monoisotopic (exact) mass is 424 g/mol. The molecule has 0 radical (unpaired) electrons. The second-order valence-corrected chi connectivity index (χ2v) is 8.07. The van der Waals surface area contributed by atoms with Gasteiger partial charge in [-0.25, -0.2) is 0 Å². The minimum atomic E-state index is -0.534. The number of carbonyl (C=O) groups is 2. The van der Waals surface area contributed by atoms with E-state index in [1.807, 2.05) is 64.1 Å². The lowest BCUT2D eigenvalue weighted by molar-refractivity contribution is -0.143. The van der Waals surface area contributed by atoms with Crippen LogP contribution in [0.4, 0.5) is 0 Å². The molecule has 0 aromatic heterocycles. The van der Waals surface area contributed by atoms with Gasteiger partial charge in [-0.15, -0.1) is 0 Å². The molecular weight excluding hydrogens is 388 g/mol. The first-order valence-corrected chi connectivity index (χ1v) is 11.2. The average Bonchev–Trinajstić information content (AvgIpc) is 2.75. The Hall–Kier alpha value is -2.82. The van der Waals surface area contributed by atoms with Gasteiger partial charge < -0.3 is 15.0 Å². The molecule has 5 heteroatoms. The fourth-order valence-electron chi connectivity index (χ4n) is 3.58. The van der Waals surface area contributed by atoms with E-state index < -0.39 is 6.04 Å². The molecule has 2 amide bonds. The third-order valence-corrected chi connectivity index (χ3v) is 5.53.